The van der Waals surface area contributed by atoms with Crippen molar-refractivity contribution in [2.24, 2.45) is 7.05 Å². The van der Waals surface area contributed by atoms with Crippen LogP contribution < -0.4 is 10.6 Å². The zero-order chi connectivity index (χ0) is 24.1. The summed E-state index contributed by atoms with van der Waals surface area (Å²) in [5, 5.41) is 13.7. The topological polar surface area (TPSA) is 137 Å². The van der Waals surface area contributed by atoms with Crippen molar-refractivity contribution in [1.82, 2.24) is 29.9 Å². The molecule has 11 nitrogen and oxygen atoms in total. The summed E-state index contributed by atoms with van der Waals surface area (Å²) in [6, 6.07) is 10.1. The van der Waals surface area contributed by atoms with Gasteiger partial charge in [-0.25, -0.2) is 14.5 Å². The van der Waals surface area contributed by atoms with E-state index in [0.29, 0.717) is 28.2 Å². The Labute approximate surface area is 199 Å². The largest absolute Gasteiger partial charge is 0.441 e. The van der Waals surface area contributed by atoms with E-state index in [1.807, 2.05) is 0 Å². The van der Waals surface area contributed by atoms with Crippen molar-refractivity contribution in [1.29, 1.82) is 0 Å². The Hall–Kier alpha value is -4.38. The highest BCUT2D eigenvalue weighted by molar-refractivity contribution is 6.30. The zero-order valence-electron chi connectivity index (χ0n) is 18.1. The van der Waals surface area contributed by atoms with E-state index in [0.717, 1.165) is 0 Å². The molecule has 1 atom stereocenters. The molecule has 0 aromatic carbocycles. The highest BCUT2D eigenvalue weighted by Gasteiger charge is 2.20. The molecule has 4 heterocycles. The van der Waals surface area contributed by atoms with E-state index in [1.165, 1.54) is 17.1 Å². The first-order chi connectivity index (χ1) is 16.4. The highest BCUT2D eigenvalue weighted by Crippen LogP contribution is 2.26. The highest BCUT2D eigenvalue weighted by atomic mass is 35.5. The number of anilines is 2. The van der Waals surface area contributed by atoms with Crippen LogP contribution in [0.4, 0.5) is 16.3 Å². The standard InChI is InChI=1S/C22H19ClN8O3/c1-13(16-6-4-10-25-19(16)23)34-22(33)28-20-18(29-30-31(20)2)17-8-7-15(12-26-17)27-21(32)14-5-3-9-24-11-14/h3-13H,1-2H3,(H,27,32)(H,28,33)/t13-/m1/s1. The number of carbonyl (C=O) groups is 2. The fourth-order valence-electron chi connectivity index (χ4n) is 3.03. The molecule has 0 spiro atoms. The van der Waals surface area contributed by atoms with Crippen molar-refractivity contribution in [3.63, 3.8) is 0 Å². The molecular formula is C22H19ClN8O3. The van der Waals surface area contributed by atoms with E-state index in [1.54, 1.807) is 62.8 Å². The number of ether oxygens (including phenoxy) is 1. The fraction of sp³-hybridized carbons (Fsp3) is 0.136. The van der Waals surface area contributed by atoms with Crippen LogP contribution in [0, 0.1) is 0 Å². The molecule has 0 unspecified atom stereocenters. The Morgan fingerprint density at radius 2 is 1.88 bits per heavy atom. The molecule has 4 aromatic heterocycles. The maximum absolute atomic E-state index is 12.5. The first-order valence-corrected chi connectivity index (χ1v) is 10.5. The van der Waals surface area contributed by atoms with Crippen LogP contribution in [0.25, 0.3) is 11.4 Å². The van der Waals surface area contributed by atoms with Gasteiger partial charge in [-0.2, -0.15) is 0 Å². The number of aromatic nitrogens is 6. The van der Waals surface area contributed by atoms with Crippen molar-refractivity contribution in [2.45, 2.75) is 13.0 Å². The van der Waals surface area contributed by atoms with Crippen molar-refractivity contribution in [3.05, 3.63) is 77.5 Å². The van der Waals surface area contributed by atoms with Gasteiger partial charge in [-0.1, -0.05) is 22.9 Å². The molecule has 0 fully saturated rings. The van der Waals surface area contributed by atoms with E-state index in [9.17, 15) is 9.59 Å². The van der Waals surface area contributed by atoms with Crippen molar-refractivity contribution in [2.75, 3.05) is 10.6 Å². The normalized spacial score (nSPS) is 11.5. The fourth-order valence-corrected chi connectivity index (χ4v) is 3.30. The molecular weight excluding hydrogens is 460 g/mol. The number of hydrogen-bond donors (Lipinski definition) is 2. The van der Waals surface area contributed by atoms with Gasteiger partial charge in [0.05, 0.1) is 23.1 Å². The molecule has 12 heteroatoms. The van der Waals surface area contributed by atoms with Gasteiger partial charge in [0, 0.05) is 31.2 Å². The van der Waals surface area contributed by atoms with Gasteiger partial charge in [-0.05, 0) is 37.3 Å². The van der Waals surface area contributed by atoms with E-state index < -0.39 is 12.2 Å². The van der Waals surface area contributed by atoms with Gasteiger partial charge >= 0.3 is 6.09 Å². The van der Waals surface area contributed by atoms with Crippen LogP contribution in [-0.4, -0.2) is 41.9 Å². The third-order valence-corrected chi connectivity index (χ3v) is 5.06. The molecule has 172 valence electrons. The number of nitrogens with zero attached hydrogens (tertiary/aromatic N) is 6. The number of nitrogens with one attached hydrogen (secondary N) is 2. The number of rotatable bonds is 6. The minimum atomic E-state index is -0.723. The van der Waals surface area contributed by atoms with Gasteiger partial charge in [0.1, 0.15) is 11.3 Å². The second-order valence-electron chi connectivity index (χ2n) is 7.09. The molecule has 2 amide bonds. The minimum Gasteiger partial charge on any atom is -0.441 e. The van der Waals surface area contributed by atoms with Gasteiger partial charge in [-0.15, -0.1) is 5.10 Å². The van der Waals surface area contributed by atoms with Crippen LogP contribution in [0.1, 0.15) is 28.9 Å². The summed E-state index contributed by atoms with van der Waals surface area (Å²) in [6.45, 7) is 1.69. The quantitative estimate of drug-likeness (QED) is 0.398. The third-order valence-electron chi connectivity index (χ3n) is 4.74. The molecule has 0 saturated carbocycles. The van der Waals surface area contributed by atoms with Crippen LogP contribution >= 0.6 is 11.6 Å². The van der Waals surface area contributed by atoms with Crippen LogP contribution in [0.2, 0.25) is 5.15 Å². The molecule has 0 bridgehead atoms. The molecule has 0 aliphatic carbocycles. The maximum Gasteiger partial charge on any atom is 0.413 e. The Morgan fingerprint density at radius 1 is 1.06 bits per heavy atom. The number of pyridine rings is 3. The molecule has 34 heavy (non-hydrogen) atoms. The molecule has 0 radical (unpaired) electrons. The first kappa shape index (κ1) is 22.8. The van der Waals surface area contributed by atoms with Crippen molar-refractivity contribution < 1.29 is 14.3 Å². The number of carbonyl (C=O) groups excluding carboxylic acids is 2. The Kier molecular flexibility index (Phi) is 6.74. The summed E-state index contributed by atoms with van der Waals surface area (Å²) in [7, 11) is 1.62. The zero-order valence-corrected chi connectivity index (χ0v) is 18.9. The smallest absolute Gasteiger partial charge is 0.413 e. The summed E-state index contributed by atoms with van der Waals surface area (Å²) < 4.78 is 6.81. The SMILES string of the molecule is C[C@@H](OC(=O)Nc1c(-c2ccc(NC(=O)c3cccnc3)cn2)nnn1C)c1cccnc1Cl. The van der Waals surface area contributed by atoms with Gasteiger partial charge in [0.25, 0.3) is 5.91 Å². The molecule has 0 aliphatic heterocycles. The Morgan fingerprint density at radius 3 is 2.59 bits per heavy atom. The van der Waals surface area contributed by atoms with Gasteiger partial charge in [-0.3, -0.25) is 20.1 Å². The third kappa shape index (κ3) is 5.15. The predicted molar refractivity (Wildman–Crippen MR) is 124 cm³/mol. The number of hydrogen-bond acceptors (Lipinski definition) is 8. The number of aryl methyl sites for hydroxylation is 1. The molecule has 0 saturated heterocycles. The van der Waals surface area contributed by atoms with E-state index in [-0.39, 0.29) is 16.9 Å². The van der Waals surface area contributed by atoms with E-state index >= 15 is 0 Å². The Balaban J connectivity index is 1.45. The van der Waals surface area contributed by atoms with E-state index in [2.05, 4.69) is 35.9 Å². The van der Waals surface area contributed by atoms with Gasteiger partial charge < -0.3 is 10.1 Å². The van der Waals surface area contributed by atoms with Crippen LogP contribution in [0.15, 0.2) is 61.2 Å². The second-order valence-corrected chi connectivity index (χ2v) is 7.45. The monoisotopic (exact) mass is 478 g/mol. The predicted octanol–water partition coefficient (Wildman–Crippen LogP) is 3.88. The van der Waals surface area contributed by atoms with Crippen molar-refractivity contribution in [3.8, 4) is 11.4 Å². The molecule has 4 aromatic rings. The Bertz CT molecular complexity index is 1310. The average Bonchev–Trinajstić information content (AvgIpc) is 3.20. The van der Waals surface area contributed by atoms with E-state index in [4.69, 9.17) is 16.3 Å². The van der Waals surface area contributed by atoms with Crippen molar-refractivity contribution >= 4 is 35.1 Å². The summed E-state index contributed by atoms with van der Waals surface area (Å²) in [6.07, 6.45) is 4.73. The second kappa shape index (κ2) is 10.0. The summed E-state index contributed by atoms with van der Waals surface area (Å²) in [5.41, 5.74) is 2.25. The molecule has 2 N–H and O–H groups in total. The number of amides is 2. The minimum absolute atomic E-state index is 0.255. The summed E-state index contributed by atoms with van der Waals surface area (Å²) in [5.74, 6) is -0.0239. The van der Waals surface area contributed by atoms with Crippen LogP contribution in [0.3, 0.4) is 0 Å². The van der Waals surface area contributed by atoms with Crippen LogP contribution in [0.5, 0.6) is 0 Å². The lowest BCUT2D eigenvalue weighted by Gasteiger charge is -2.15. The average molecular weight is 479 g/mol. The lowest BCUT2D eigenvalue weighted by Crippen LogP contribution is -2.18. The van der Waals surface area contributed by atoms with Gasteiger partial charge in [0.2, 0.25) is 0 Å². The lowest BCUT2D eigenvalue weighted by molar-refractivity contribution is 0.102. The molecule has 0 aliphatic rings. The van der Waals surface area contributed by atoms with Crippen LogP contribution in [-0.2, 0) is 11.8 Å². The summed E-state index contributed by atoms with van der Waals surface area (Å²) in [4.78, 5) is 37.0. The number of halogens is 1. The first-order valence-electron chi connectivity index (χ1n) is 10.1. The van der Waals surface area contributed by atoms with Gasteiger partial charge in [0.15, 0.2) is 11.5 Å². The maximum atomic E-state index is 12.5. The molecule has 4 rings (SSSR count). The summed E-state index contributed by atoms with van der Waals surface area (Å²) >= 11 is 6.07. The lowest BCUT2D eigenvalue weighted by atomic mass is 10.2.